The molecule has 1 aliphatic carbocycles. The minimum absolute atomic E-state index is 0.247. The van der Waals surface area contributed by atoms with Gasteiger partial charge in [0.15, 0.2) is 0 Å². The average molecular weight is 383 g/mol. The lowest BCUT2D eigenvalue weighted by atomic mass is 10.0. The number of methoxy groups -OCH3 is 1. The molecule has 2 heterocycles. The number of nitrogens with two attached hydrogens (primary N) is 1. The van der Waals surface area contributed by atoms with E-state index in [0.717, 1.165) is 31.7 Å². The van der Waals surface area contributed by atoms with Crippen LogP contribution in [0.15, 0.2) is 30.6 Å². The van der Waals surface area contributed by atoms with Crippen LogP contribution in [0.25, 0.3) is 0 Å². The highest BCUT2D eigenvalue weighted by Gasteiger charge is 2.45. The van der Waals surface area contributed by atoms with E-state index in [4.69, 9.17) is 25.4 Å². The topological polar surface area (TPSA) is 107 Å². The predicted molar refractivity (Wildman–Crippen MR) is 106 cm³/mol. The van der Waals surface area contributed by atoms with Crippen molar-refractivity contribution in [2.75, 3.05) is 50.7 Å². The predicted octanol–water partition coefficient (Wildman–Crippen LogP) is 1.87. The van der Waals surface area contributed by atoms with Crippen LogP contribution < -0.4 is 15.4 Å². The molecule has 1 aromatic heterocycles. The van der Waals surface area contributed by atoms with E-state index in [0.29, 0.717) is 42.5 Å². The van der Waals surface area contributed by atoms with E-state index in [1.165, 1.54) is 6.33 Å². The summed E-state index contributed by atoms with van der Waals surface area (Å²) in [5.41, 5.74) is 7.79. The molecule has 0 unspecified atom stereocenters. The highest BCUT2D eigenvalue weighted by Crippen LogP contribution is 2.41. The van der Waals surface area contributed by atoms with Gasteiger partial charge < -0.3 is 24.8 Å². The van der Waals surface area contributed by atoms with Crippen LogP contribution >= 0.6 is 0 Å². The number of aromatic nitrogens is 2. The van der Waals surface area contributed by atoms with E-state index >= 15 is 0 Å². The van der Waals surface area contributed by atoms with Crippen molar-refractivity contribution in [3.63, 3.8) is 0 Å². The summed E-state index contributed by atoms with van der Waals surface area (Å²) in [6.07, 6.45) is 3.42. The van der Waals surface area contributed by atoms with Crippen molar-refractivity contribution in [1.29, 1.82) is 5.41 Å². The van der Waals surface area contributed by atoms with Gasteiger partial charge in [0.05, 0.1) is 31.2 Å². The van der Waals surface area contributed by atoms with E-state index in [2.05, 4.69) is 14.9 Å². The number of hydrogen-bond donors (Lipinski definition) is 2. The Hall–Kier alpha value is -2.71. The van der Waals surface area contributed by atoms with Crippen LogP contribution in [0.4, 0.5) is 11.5 Å². The van der Waals surface area contributed by atoms with Gasteiger partial charge in [-0.25, -0.2) is 9.97 Å². The number of hydrogen-bond acceptors (Lipinski definition) is 8. The lowest BCUT2D eigenvalue weighted by Gasteiger charge is -2.27. The second-order valence-electron chi connectivity index (χ2n) is 7.20. The van der Waals surface area contributed by atoms with Crippen molar-refractivity contribution in [3.8, 4) is 5.75 Å². The highest BCUT2D eigenvalue weighted by molar-refractivity contribution is 6.13. The molecule has 1 aromatic carbocycles. The zero-order chi connectivity index (χ0) is 19.6. The molecule has 0 atom stereocenters. The van der Waals surface area contributed by atoms with E-state index in [1.54, 1.807) is 13.2 Å². The fraction of sp³-hybridized carbons (Fsp3) is 0.450. The molecule has 0 radical (unpaired) electrons. The van der Waals surface area contributed by atoms with E-state index < -0.39 is 0 Å². The Morgan fingerprint density at radius 3 is 2.75 bits per heavy atom. The molecule has 1 saturated carbocycles. The third kappa shape index (κ3) is 3.93. The molecule has 4 rings (SSSR count). The maximum atomic E-state index is 8.65. The van der Waals surface area contributed by atoms with Gasteiger partial charge in [-0.05, 0) is 31.0 Å². The molecule has 2 fully saturated rings. The van der Waals surface area contributed by atoms with Crippen LogP contribution in [0.5, 0.6) is 5.75 Å². The summed E-state index contributed by atoms with van der Waals surface area (Å²) in [4.78, 5) is 10.8. The van der Waals surface area contributed by atoms with Crippen molar-refractivity contribution < 1.29 is 14.2 Å². The Bertz CT molecular complexity index is 863. The first-order chi connectivity index (χ1) is 13.6. The quantitative estimate of drug-likeness (QED) is 0.555. The minimum atomic E-state index is -0.247. The van der Waals surface area contributed by atoms with Crippen molar-refractivity contribution in [2.24, 2.45) is 0 Å². The first-order valence-electron chi connectivity index (χ1n) is 9.42. The summed E-state index contributed by atoms with van der Waals surface area (Å²) in [6.45, 7) is 3.45. The fourth-order valence-corrected chi connectivity index (χ4v) is 3.33. The van der Waals surface area contributed by atoms with Gasteiger partial charge in [-0.3, -0.25) is 5.41 Å². The van der Waals surface area contributed by atoms with Crippen LogP contribution in [0.3, 0.4) is 0 Å². The van der Waals surface area contributed by atoms with Gasteiger partial charge in [0, 0.05) is 37.5 Å². The Balaban J connectivity index is 1.56. The summed E-state index contributed by atoms with van der Waals surface area (Å²) in [7, 11) is 1.68. The number of anilines is 2. The van der Waals surface area contributed by atoms with E-state index in [-0.39, 0.29) is 11.3 Å². The zero-order valence-corrected chi connectivity index (χ0v) is 16.0. The Morgan fingerprint density at radius 1 is 1.25 bits per heavy atom. The number of nitrogen functional groups attached to an aromatic ring is 1. The van der Waals surface area contributed by atoms with E-state index in [9.17, 15) is 0 Å². The van der Waals surface area contributed by atoms with Crippen LogP contribution in [0, 0.1) is 5.41 Å². The lowest BCUT2D eigenvalue weighted by molar-refractivity contribution is 0.0639. The van der Waals surface area contributed by atoms with Gasteiger partial charge in [0.1, 0.15) is 23.5 Å². The average Bonchev–Trinajstić information content (AvgIpc) is 3.49. The normalized spacial score (nSPS) is 18.0. The Kier molecular flexibility index (Phi) is 5.15. The van der Waals surface area contributed by atoms with Crippen LogP contribution in [0.1, 0.15) is 24.1 Å². The molecule has 0 bridgehead atoms. The monoisotopic (exact) mass is 383 g/mol. The molecular weight excluding hydrogens is 358 g/mol. The molecule has 2 aromatic rings. The molecule has 8 nitrogen and oxygen atoms in total. The number of rotatable bonds is 7. The minimum Gasteiger partial charge on any atom is -0.485 e. The smallest absolute Gasteiger partial charge is 0.132 e. The third-order valence-electron chi connectivity index (χ3n) is 5.09. The standard InChI is InChI=1S/C20H25N5O3/c1-26-12-20(4-5-20)28-14-2-3-16(21)15(10-14)19(22)17-11-18(24-13-23-17)25-6-8-27-9-7-25/h2-3,10-11,13,22H,4-9,12,21H2,1H3. The summed E-state index contributed by atoms with van der Waals surface area (Å²) in [6, 6.07) is 7.24. The zero-order valence-electron chi connectivity index (χ0n) is 16.0. The summed E-state index contributed by atoms with van der Waals surface area (Å²) < 4.78 is 16.8. The largest absolute Gasteiger partial charge is 0.485 e. The first kappa shape index (κ1) is 18.6. The van der Waals surface area contributed by atoms with Gasteiger partial charge >= 0.3 is 0 Å². The maximum Gasteiger partial charge on any atom is 0.132 e. The van der Waals surface area contributed by atoms with Crippen molar-refractivity contribution in [2.45, 2.75) is 18.4 Å². The second-order valence-corrected chi connectivity index (χ2v) is 7.20. The van der Waals surface area contributed by atoms with Crippen molar-refractivity contribution in [3.05, 3.63) is 41.9 Å². The van der Waals surface area contributed by atoms with E-state index in [1.807, 2.05) is 18.2 Å². The molecule has 3 N–H and O–H groups in total. The molecule has 0 spiro atoms. The molecule has 1 saturated heterocycles. The molecular formula is C20H25N5O3. The molecule has 148 valence electrons. The molecule has 8 heteroatoms. The second kappa shape index (κ2) is 7.73. The number of nitrogens with zero attached hydrogens (tertiary/aromatic N) is 3. The van der Waals surface area contributed by atoms with Gasteiger partial charge in [0.25, 0.3) is 0 Å². The molecule has 0 amide bonds. The SMILES string of the molecule is COCC1(Oc2ccc(N)c(C(=N)c3cc(N4CCOCC4)ncn3)c2)CC1. The Morgan fingerprint density at radius 2 is 2.04 bits per heavy atom. The summed E-state index contributed by atoms with van der Waals surface area (Å²) in [5, 5.41) is 8.65. The number of nitrogens with one attached hydrogen (secondary N) is 1. The van der Waals surface area contributed by atoms with Gasteiger partial charge in [-0.15, -0.1) is 0 Å². The summed E-state index contributed by atoms with van der Waals surface area (Å²) in [5.74, 6) is 1.48. The highest BCUT2D eigenvalue weighted by atomic mass is 16.5. The molecule has 1 aliphatic heterocycles. The van der Waals surface area contributed by atoms with Gasteiger partial charge in [-0.1, -0.05) is 0 Å². The van der Waals surface area contributed by atoms with Crippen molar-refractivity contribution >= 4 is 17.2 Å². The molecule has 2 aliphatic rings. The van der Waals surface area contributed by atoms with Crippen LogP contribution in [-0.4, -0.2) is 61.3 Å². The number of morpholine rings is 1. The van der Waals surface area contributed by atoms with Gasteiger partial charge in [-0.2, -0.15) is 0 Å². The van der Waals surface area contributed by atoms with Crippen LogP contribution in [0.2, 0.25) is 0 Å². The third-order valence-corrected chi connectivity index (χ3v) is 5.09. The first-order valence-corrected chi connectivity index (χ1v) is 9.42. The lowest BCUT2D eigenvalue weighted by Crippen LogP contribution is -2.36. The van der Waals surface area contributed by atoms with Gasteiger partial charge in [0.2, 0.25) is 0 Å². The van der Waals surface area contributed by atoms with Crippen LogP contribution in [-0.2, 0) is 9.47 Å². The molecule has 28 heavy (non-hydrogen) atoms. The fourth-order valence-electron chi connectivity index (χ4n) is 3.33. The maximum absolute atomic E-state index is 8.65. The number of benzene rings is 1. The van der Waals surface area contributed by atoms with Crippen molar-refractivity contribution in [1.82, 2.24) is 9.97 Å². The summed E-state index contributed by atoms with van der Waals surface area (Å²) >= 11 is 0. The Labute approximate surface area is 164 Å². The number of ether oxygens (including phenoxy) is 3.